The molecule has 21 heavy (non-hydrogen) atoms. The number of carbonyl (C=O) groups excluding carboxylic acids is 1. The lowest BCUT2D eigenvalue weighted by Crippen LogP contribution is -2.59. The van der Waals surface area contributed by atoms with Gasteiger partial charge in [0.2, 0.25) is 0 Å². The van der Waals surface area contributed by atoms with Crippen LogP contribution < -0.4 is 5.32 Å². The number of rotatable bonds is 2. The zero-order valence-electron chi connectivity index (χ0n) is 11.9. The maximum absolute atomic E-state index is 12.5. The molecule has 1 aliphatic carbocycles. The number of aliphatic carboxylic acids is 1. The summed E-state index contributed by atoms with van der Waals surface area (Å²) in [4.78, 5) is 27.2. The SMILES string of the molecule is O=C(NC1(C(=O)O)CCCCC1)N1CCc2sccc2C1. The molecule has 3 rings (SSSR count). The minimum absolute atomic E-state index is 0.240. The van der Waals surface area contributed by atoms with E-state index in [1.807, 2.05) is 11.4 Å². The fourth-order valence-corrected chi connectivity index (χ4v) is 4.14. The molecule has 2 aliphatic rings. The molecule has 2 heterocycles. The molecule has 0 aromatic carbocycles. The van der Waals surface area contributed by atoms with Crippen LogP contribution in [0.15, 0.2) is 11.4 Å². The van der Waals surface area contributed by atoms with Gasteiger partial charge in [-0.3, -0.25) is 0 Å². The van der Waals surface area contributed by atoms with Gasteiger partial charge in [0.15, 0.2) is 0 Å². The molecule has 1 saturated carbocycles. The van der Waals surface area contributed by atoms with Crippen LogP contribution in [-0.4, -0.2) is 34.1 Å². The number of nitrogens with one attached hydrogen (secondary N) is 1. The van der Waals surface area contributed by atoms with E-state index in [1.54, 1.807) is 16.2 Å². The normalized spacial score (nSPS) is 20.7. The fourth-order valence-electron chi connectivity index (χ4n) is 3.25. The first-order chi connectivity index (χ1) is 10.1. The number of nitrogens with zero attached hydrogens (tertiary/aromatic N) is 1. The van der Waals surface area contributed by atoms with Crippen LogP contribution in [0.2, 0.25) is 0 Å². The Morgan fingerprint density at radius 2 is 2.05 bits per heavy atom. The van der Waals surface area contributed by atoms with Crippen LogP contribution in [0.25, 0.3) is 0 Å². The average Bonchev–Trinajstić information content (AvgIpc) is 2.95. The van der Waals surface area contributed by atoms with Crippen LogP contribution in [0, 0.1) is 0 Å². The largest absolute Gasteiger partial charge is 0.480 e. The van der Waals surface area contributed by atoms with Gasteiger partial charge in [-0.25, -0.2) is 9.59 Å². The van der Waals surface area contributed by atoms with Crippen molar-refractivity contribution in [2.24, 2.45) is 0 Å². The van der Waals surface area contributed by atoms with Crippen LogP contribution in [0.3, 0.4) is 0 Å². The molecule has 1 aromatic rings. The van der Waals surface area contributed by atoms with Crippen molar-refractivity contribution < 1.29 is 14.7 Å². The summed E-state index contributed by atoms with van der Waals surface area (Å²) >= 11 is 1.73. The minimum Gasteiger partial charge on any atom is -0.480 e. The third kappa shape index (κ3) is 2.77. The molecule has 2 amide bonds. The van der Waals surface area contributed by atoms with E-state index in [1.165, 1.54) is 10.4 Å². The lowest BCUT2D eigenvalue weighted by atomic mass is 9.82. The molecule has 6 heteroatoms. The molecule has 0 saturated heterocycles. The predicted molar refractivity (Wildman–Crippen MR) is 80.4 cm³/mol. The summed E-state index contributed by atoms with van der Waals surface area (Å²) in [6, 6.07) is 1.81. The zero-order chi connectivity index (χ0) is 14.9. The second kappa shape index (κ2) is 5.67. The van der Waals surface area contributed by atoms with Crippen molar-refractivity contribution in [1.29, 1.82) is 0 Å². The number of hydrogen-bond acceptors (Lipinski definition) is 3. The molecule has 0 spiro atoms. The molecular formula is C15H20N2O3S. The second-order valence-corrected chi connectivity index (χ2v) is 6.92. The van der Waals surface area contributed by atoms with Gasteiger partial charge in [-0.05, 0) is 36.3 Å². The van der Waals surface area contributed by atoms with Crippen LogP contribution in [0.1, 0.15) is 42.5 Å². The molecule has 0 unspecified atom stereocenters. The molecule has 114 valence electrons. The Morgan fingerprint density at radius 1 is 1.29 bits per heavy atom. The highest BCUT2D eigenvalue weighted by molar-refractivity contribution is 7.10. The van der Waals surface area contributed by atoms with Crippen molar-refractivity contribution in [3.8, 4) is 0 Å². The second-order valence-electron chi connectivity index (χ2n) is 5.92. The lowest BCUT2D eigenvalue weighted by Gasteiger charge is -2.37. The van der Waals surface area contributed by atoms with E-state index >= 15 is 0 Å². The van der Waals surface area contributed by atoms with Gasteiger partial charge in [0.1, 0.15) is 5.54 Å². The first kappa shape index (κ1) is 14.4. The number of amides is 2. The summed E-state index contributed by atoms with van der Waals surface area (Å²) in [5, 5.41) is 14.4. The molecule has 1 aliphatic heterocycles. The van der Waals surface area contributed by atoms with Crippen molar-refractivity contribution in [2.45, 2.75) is 50.6 Å². The molecule has 2 N–H and O–H groups in total. The van der Waals surface area contributed by atoms with Crippen LogP contribution in [0.5, 0.6) is 0 Å². The molecule has 0 atom stereocenters. The highest BCUT2D eigenvalue weighted by Crippen LogP contribution is 2.29. The Labute approximate surface area is 128 Å². The standard InChI is InChI=1S/C15H20N2O3S/c18-13(19)15(6-2-1-3-7-15)16-14(20)17-8-4-12-11(10-17)5-9-21-12/h5,9H,1-4,6-8,10H2,(H,16,20)(H,18,19). The van der Waals surface area contributed by atoms with Gasteiger partial charge in [-0.15, -0.1) is 11.3 Å². The third-order valence-electron chi connectivity index (χ3n) is 4.56. The molecule has 0 radical (unpaired) electrons. The first-order valence-electron chi connectivity index (χ1n) is 7.46. The van der Waals surface area contributed by atoms with Gasteiger partial charge in [-0.1, -0.05) is 19.3 Å². The number of carbonyl (C=O) groups is 2. The summed E-state index contributed by atoms with van der Waals surface area (Å²) in [7, 11) is 0. The maximum atomic E-state index is 12.5. The number of urea groups is 1. The van der Waals surface area contributed by atoms with E-state index in [4.69, 9.17) is 0 Å². The van der Waals surface area contributed by atoms with Gasteiger partial charge in [-0.2, -0.15) is 0 Å². The Morgan fingerprint density at radius 3 is 2.76 bits per heavy atom. The molecule has 1 aromatic heterocycles. The van der Waals surface area contributed by atoms with Gasteiger partial charge in [0, 0.05) is 18.0 Å². The van der Waals surface area contributed by atoms with Crippen molar-refractivity contribution in [2.75, 3.05) is 6.54 Å². The average molecular weight is 308 g/mol. The smallest absolute Gasteiger partial charge is 0.329 e. The summed E-state index contributed by atoms with van der Waals surface area (Å²) in [6.07, 6.45) is 4.70. The number of thiophene rings is 1. The van der Waals surface area contributed by atoms with Crippen molar-refractivity contribution >= 4 is 23.3 Å². The van der Waals surface area contributed by atoms with E-state index in [0.717, 1.165) is 25.7 Å². The summed E-state index contributed by atoms with van der Waals surface area (Å²) in [6.45, 7) is 1.25. The highest BCUT2D eigenvalue weighted by Gasteiger charge is 2.42. The lowest BCUT2D eigenvalue weighted by molar-refractivity contribution is -0.146. The Bertz CT molecular complexity index is 549. The summed E-state index contributed by atoms with van der Waals surface area (Å²) in [5.74, 6) is -0.899. The number of hydrogen-bond donors (Lipinski definition) is 2. The van der Waals surface area contributed by atoms with Crippen LogP contribution in [-0.2, 0) is 17.8 Å². The fraction of sp³-hybridized carbons (Fsp3) is 0.600. The Hall–Kier alpha value is -1.56. The van der Waals surface area contributed by atoms with Crippen LogP contribution >= 0.6 is 11.3 Å². The highest BCUT2D eigenvalue weighted by atomic mass is 32.1. The van der Waals surface area contributed by atoms with Gasteiger partial charge in [0.05, 0.1) is 0 Å². The van der Waals surface area contributed by atoms with Crippen molar-refractivity contribution in [3.63, 3.8) is 0 Å². The van der Waals surface area contributed by atoms with Crippen molar-refractivity contribution in [1.82, 2.24) is 10.2 Å². The Balaban J connectivity index is 1.69. The summed E-state index contributed by atoms with van der Waals surface area (Å²) in [5.41, 5.74) is 0.124. The number of carboxylic acid groups (broad SMARTS) is 1. The van der Waals surface area contributed by atoms with E-state index in [9.17, 15) is 14.7 Å². The van der Waals surface area contributed by atoms with E-state index < -0.39 is 11.5 Å². The molecule has 0 bridgehead atoms. The number of carboxylic acids is 1. The first-order valence-corrected chi connectivity index (χ1v) is 8.34. The van der Waals surface area contributed by atoms with E-state index in [0.29, 0.717) is 25.9 Å². The van der Waals surface area contributed by atoms with E-state index in [2.05, 4.69) is 5.32 Å². The van der Waals surface area contributed by atoms with E-state index in [-0.39, 0.29) is 6.03 Å². The monoisotopic (exact) mass is 308 g/mol. The molecule has 1 fully saturated rings. The predicted octanol–water partition coefficient (Wildman–Crippen LogP) is 2.60. The number of fused-ring (bicyclic) bond motifs is 1. The van der Waals surface area contributed by atoms with Crippen LogP contribution in [0.4, 0.5) is 4.79 Å². The molecular weight excluding hydrogens is 288 g/mol. The maximum Gasteiger partial charge on any atom is 0.329 e. The van der Waals surface area contributed by atoms with Gasteiger partial charge >= 0.3 is 12.0 Å². The van der Waals surface area contributed by atoms with Gasteiger partial charge in [0.25, 0.3) is 0 Å². The molecule has 5 nitrogen and oxygen atoms in total. The summed E-state index contributed by atoms with van der Waals surface area (Å²) < 4.78 is 0. The van der Waals surface area contributed by atoms with Crippen molar-refractivity contribution in [3.05, 3.63) is 21.9 Å². The minimum atomic E-state index is -1.07. The topological polar surface area (TPSA) is 69.6 Å². The quantitative estimate of drug-likeness (QED) is 0.882. The van der Waals surface area contributed by atoms with Gasteiger partial charge < -0.3 is 15.3 Å². The third-order valence-corrected chi connectivity index (χ3v) is 5.58. The Kier molecular flexibility index (Phi) is 3.89. The zero-order valence-corrected chi connectivity index (χ0v) is 12.7.